The predicted molar refractivity (Wildman–Crippen MR) is 56.8 cm³/mol. The Labute approximate surface area is 100 Å². The summed E-state index contributed by atoms with van der Waals surface area (Å²) >= 11 is 0. The molecule has 5 heteroatoms. The number of nitrogens with two attached hydrogens (primary N) is 1. The third-order valence-corrected chi connectivity index (χ3v) is 3.51. The van der Waals surface area contributed by atoms with E-state index in [1.54, 1.807) is 6.07 Å². The minimum Gasteiger partial charge on any atom is -1.00 e. The summed E-state index contributed by atoms with van der Waals surface area (Å²) in [6, 6.07) is 5.68. The maximum absolute atomic E-state index is 11.6. The molecule has 0 amide bonds. The van der Waals surface area contributed by atoms with Crippen molar-refractivity contribution in [2.24, 2.45) is 5.92 Å². The molecule has 1 aromatic rings. The monoisotopic (exact) mass is 244 g/mol. The topological polar surface area (TPSA) is 70.1 Å². The van der Waals surface area contributed by atoms with Gasteiger partial charge in [-0.25, -0.2) is 0 Å². The number of hydrogen-bond acceptors (Lipinski definition) is 1. The Hall–Kier alpha value is -0.840. The van der Waals surface area contributed by atoms with E-state index in [0.717, 1.165) is 13.1 Å². The van der Waals surface area contributed by atoms with E-state index in [2.05, 4.69) is 11.4 Å². The summed E-state index contributed by atoms with van der Waals surface area (Å²) in [5.41, 5.74) is 1.43. The predicted octanol–water partition coefficient (Wildman–Crippen LogP) is -4.29. The summed E-state index contributed by atoms with van der Waals surface area (Å²) in [4.78, 5) is 11.6. The minimum atomic E-state index is 0. The van der Waals surface area contributed by atoms with Crippen LogP contribution in [0.25, 0.3) is 0 Å². The van der Waals surface area contributed by atoms with Crippen molar-refractivity contribution in [1.29, 1.82) is 0 Å². The van der Waals surface area contributed by atoms with E-state index < -0.39 is 0 Å². The third-order valence-electron chi connectivity index (χ3n) is 3.51. The van der Waals surface area contributed by atoms with Crippen LogP contribution in [0.3, 0.4) is 0 Å². The zero-order chi connectivity index (χ0) is 9.54. The summed E-state index contributed by atoms with van der Waals surface area (Å²) in [7, 11) is 0. The highest BCUT2D eigenvalue weighted by atomic mass is 35.5. The number of aromatic nitrogens is 1. The molecule has 4 nitrogen and oxygen atoms in total. The first-order chi connectivity index (χ1) is 6.84. The molecule has 2 bridgehead atoms. The molecule has 16 heavy (non-hydrogen) atoms. The molecule has 0 spiro atoms. The molecule has 0 unspecified atom stereocenters. The molecule has 90 valence electrons. The van der Waals surface area contributed by atoms with E-state index in [-0.39, 0.29) is 23.4 Å². The minimum absolute atomic E-state index is 0. The number of pyridine rings is 1. The second-order valence-electron chi connectivity index (χ2n) is 4.46. The van der Waals surface area contributed by atoms with E-state index in [9.17, 15) is 4.79 Å². The Balaban J connectivity index is 0.000000640. The lowest BCUT2D eigenvalue weighted by Gasteiger charge is -2.35. The van der Waals surface area contributed by atoms with Crippen molar-refractivity contribution >= 4 is 0 Å². The highest BCUT2D eigenvalue weighted by Gasteiger charge is 2.32. The van der Waals surface area contributed by atoms with E-state index in [1.807, 2.05) is 10.6 Å². The van der Waals surface area contributed by atoms with Crippen LogP contribution in [0.15, 0.2) is 23.0 Å². The lowest BCUT2D eigenvalue weighted by Crippen LogP contribution is -3.00. The van der Waals surface area contributed by atoms with Crippen molar-refractivity contribution in [3.63, 3.8) is 0 Å². The molecular weight excluding hydrogens is 228 g/mol. The van der Waals surface area contributed by atoms with Crippen molar-refractivity contribution in [3.05, 3.63) is 34.2 Å². The first-order valence-corrected chi connectivity index (χ1v) is 5.36. The fourth-order valence-corrected chi connectivity index (χ4v) is 2.86. The smallest absolute Gasteiger partial charge is 0.250 e. The molecule has 4 N–H and O–H groups in total. The maximum atomic E-state index is 11.6. The number of rotatable bonds is 0. The van der Waals surface area contributed by atoms with Crippen LogP contribution < -0.4 is 23.3 Å². The zero-order valence-corrected chi connectivity index (χ0v) is 9.78. The van der Waals surface area contributed by atoms with Gasteiger partial charge in [-0.1, -0.05) is 6.07 Å². The average Bonchev–Trinajstić information content (AvgIpc) is 2.20. The van der Waals surface area contributed by atoms with Gasteiger partial charge in [0.2, 0.25) is 0 Å². The first-order valence-electron chi connectivity index (χ1n) is 5.36. The number of hydrogen-bond donors (Lipinski definition) is 1. The Kier molecular flexibility index (Phi) is 4.13. The van der Waals surface area contributed by atoms with Crippen LogP contribution in [0.1, 0.15) is 18.0 Å². The van der Waals surface area contributed by atoms with Crippen LogP contribution in [0, 0.1) is 5.92 Å². The van der Waals surface area contributed by atoms with Gasteiger partial charge in [0, 0.05) is 30.1 Å². The lowest BCUT2D eigenvalue weighted by atomic mass is 9.84. The standard InChI is InChI=1S/C11H14N2O.ClH.H2O/c14-11-3-1-2-10-9-4-8(5-12-6-9)7-13(10)11;;/h1-3,8-9,12H,4-7H2;1H;1H2/t8-,9+;;/m0../s1. The van der Waals surface area contributed by atoms with E-state index in [1.165, 1.54) is 18.7 Å². The van der Waals surface area contributed by atoms with Crippen LogP contribution in [0.4, 0.5) is 0 Å². The lowest BCUT2D eigenvalue weighted by molar-refractivity contribution is -0.673. The maximum Gasteiger partial charge on any atom is 0.250 e. The number of piperidine rings is 1. The van der Waals surface area contributed by atoms with Gasteiger partial charge < -0.3 is 27.8 Å². The Morgan fingerprint density at radius 2 is 2.12 bits per heavy atom. The number of fused-ring (bicyclic) bond motifs is 4. The second-order valence-corrected chi connectivity index (χ2v) is 4.46. The Bertz CT molecular complexity index is 419. The fraction of sp³-hybridized carbons (Fsp3) is 0.545. The molecule has 0 saturated carbocycles. The molecule has 3 heterocycles. The second kappa shape index (κ2) is 4.99. The largest absolute Gasteiger partial charge is 1.00 e. The molecule has 1 fully saturated rings. The highest BCUT2D eigenvalue weighted by molar-refractivity contribution is 5.15. The van der Waals surface area contributed by atoms with Crippen molar-refractivity contribution in [3.8, 4) is 0 Å². The highest BCUT2D eigenvalue weighted by Crippen LogP contribution is 2.29. The van der Waals surface area contributed by atoms with Crippen LogP contribution in [-0.4, -0.2) is 23.1 Å². The van der Waals surface area contributed by atoms with Crippen LogP contribution in [0.2, 0.25) is 0 Å². The SMILES string of the molecule is O.O=c1cccc2n1C[C@@H]1C[NH2+]C[C@H]2C1.[Cl-]. The molecule has 2 aliphatic heterocycles. The number of nitrogens with zero attached hydrogens (tertiary/aromatic N) is 1. The van der Waals surface area contributed by atoms with Gasteiger partial charge in [0.05, 0.1) is 13.1 Å². The van der Waals surface area contributed by atoms with Gasteiger partial charge in [0.15, 0.2) is 0 Å². The quantitative estimate of drug-likeness (QED) is 0.493. The summed E-state index contributed by atoms with van der Waals surface area (Å²) in [5, 5.41) is 2.39. The first kappa shape index (κ1) is 13.2. The summed E-state index contributed by atoms with van der Waals surface area (Å²) in [5.74, 6) is 1.32. The molecule has 0 aromatic carbocycles. The summed E-state index contributed by atoms with van der Waals surface area (Å²) in [6.45, 7) is 3.28. The molecular formula is C11H17ClN2O2. The van der Waals surface area contributed by atoms with Gasteiger partial charge in [0.25, 0.3) is 5.56 Å². The van der Waals surface area contributed by atoms with Crippen molar-refractivity contribution in [2.75, 3.05) is 13.1 Å². The summed E-state index contributed by atoms with van der Waals surface area (Å²) in [6.07, 6.45) is 1.28. The van der Waals surface area contributed by atoms with E-state index in [4.69, 9.17) is 0 Å². The average molecular weight is 245 g/mol. The summed E-state index contributed by atoms with van der Waals surface area (Å²) < 4.78 is 1.98. The van der Waals surface area contributed by atoms with Crippen molar-refractivity contribution in [2.45, 2.75) is 18.9 Å². The van der Waals surface area contributed by atoms with Crippen LogP contribution in [0.5, 0.6) is 0 Å². The molecule has 3 rings (SSSR count). The van der Waals surface area contributed by atoms with Crippen LogP contribution in [-0.2, 0) is 6.54 Å². The van der Waals surface area contributed by atoms with Gasteiger partial charge >= 0.3 is 0 Å². The zero-order valence-electron chi connectivity index (χ0n) is 9.03. The Morgan fingerprint density at radius 3 is 2.94 bits per heavy atom. The van der Waals surface area contributed by atoms with E-state index >= 15 is 0 Å². The van der Waals surface area contributed by atoms with Gasteiger partial charge in [-0.2, -0.15) is 0 Å². The molecule has 1 aromatic heterocycles. The molecule has 2 aliphatic rings. The molecule has 0 radical (unpaired) electrons. The third kappa shape index (κ3) is 2.00. The van der Waals surface area contributed by atoms with Gasteiger partial charge in [-0.05, 0) is 12.5 Å². The molecule has 0 aliphatic carbocycles. The Morgan fingerprint density at radius 1 is 1.31 bits per heavy atom. The van der Waals surface area contributed by atoms with E-state index in [0.29, 0.717) is 11.8 Å². The van der Waals surface area contributed by atoms with Crippen molar-refractivity contribution in [1.82, 2.24) is 4.57 Å². The van der Waals surface area contributed by atoms with Gasteiger partial charge in [-0.3, -0.25) is 4.79 Å². The number of halogens is 1. The molecule has 2 atom stereocenters. The van der Waals surface area contributed by atoms with Gasteiger partial charge in [0.1, 0.15) is 0 Å². The number of quaternary nitrogens is 1. The van der Waals surface area contributed by atoms with Crippen molar-refractivity contribution < 1.29 is 23.2 Å². The van der Waals surface area contributed by atoms with Gasteiger partial charge in [-0.15, -0.1) is 0 Å². The normalized spacial score (nSPS) is 26.0. The van der Waals surface area contributed by atoms with Crippen LogP contribution >= 0.6 is 0 Å². The molecule has 1 saturated heterocycles. The fourth-order valence-electron chi connectivity index (χ4n) is 2.86.